The Morgan fingerprint density at radius 3 is 1.80 bits per heavy atom. The topological polar surface area (TPSA) is 192 Å². The largest absolute Gasteiger partial charge is 0.370 e. The summed E-state index contributed by atoms with van der Waals surface area (Å²) in [6.07, 6.45) is 8.81. The predicted molar refractivity (Wildman–Crippen MR) is 137 cm³/mol. The van der Waals surface area contributed by atoms with E-state index in [0.717, 1.165) is 32.1 Å². The van der Waals surface area contributed by atoms with Crippen LogP contribution in [0.1, 0.15) is 91.4 Å². The molecular formula is C24H46N7O4. The SMILES string of the molecule is CCCC[C@H]([C]=O)NC(=O)[C@@H](CCCNC(=N)N)NC(=O)[C@@H](CCCC)NC(=O)[C@@H](N)CCCC. The van der Waals surface area contributed by atoms with Gasteiger partial charge in [0, 0.05) is 6.54 Å². The summed E-state index contributed by atoms with van der Waals surface area (Å²) in [5.41, 5.74) is 11.3. The summed E-state index contributed by atoms with van der Waals surface area (Å²) in [7, 11) is 0. The van der Waals surface area contributed by atoms with Crippen molar-refractivity contribution >= 4 is 30.0 Å². The van der Waals surface area contributed by atoms with E-state index in [1.807, 2.05) is 27.1 Å². The molecule has 4 atom stereocenters. The number of carbonyl (C=O) groups is 3. The highest BCUT2D eigenvalue weighted by Crippen LogP contribution is 2.07. The first-order valence-corrected chi connectivity index (χ1v) is 12.8. The molecule has 0 saturated carbocycles. The third-order valence-corrected chi connectivity index (χ3v) is 5.61. The van der Waals surface area contributed by atoms with Crippen LogP contribution in [0.3, 0.4) is 0 Å². The standard InChI is InChI=1S/C24H46N7O4/c1-4-7-11-17(16-32)29-22(34)20(14-10-15-28-24(26)27)31-23(35)19(13-9-6-3)30-21(33)18(25)12-8-5-2/h17-20H,4-15,25H2,1-3H3,(H,29,34)(H,30,33)(H,31,35)(H4,26,27,28)/t17-,18+,19-,20-/m1/s1. The van der Waals surface area contributed by atoms with E-state index in [4.69, 9.17) is 16.9 Å². The van der Waals surface area contributed by atoms with Gasteiger partial charge in [-0.15, -0.1) is 0 Å². The monoisotopic (exact) mass is 496 g/mol. The Morgan fingerprint density at radius 2 is 1.26 bits per heavy atom. The first-order chi connectivity index (χ1) is 16.7. The minimum atomic E-state index is -0.927. The van der Waals surface area contributed by atoms with E-state index in [1.54, 1.807) is 0 Å². The van der Waals surface area contributed by atoms with Gasteiger partial charge in [0.25, 0.3) is 0 Å². The summed E-state index contributed by atoms with van der Waals surface area (Å²) in [5.74, 6) is -1.55. The van der Waals surface area contributed by atoms with Crippen LogP contribution < -0.4 is 32.7 Å². The molecule has 0 heterocycles. The number of rotatable bonds is 20. The number of amides is 3. The van der Waals surface area contributed by atoms with Crippen molar-refractivity contribution in [3.63, 3.8) is 0 Å². The minimum absolute atomic E-state index is 0.188. The van der Waals surface area contributed by atoms with Crippen molar-refractivity contribution < 1.29 is 19.2 Å². The lowest BCUT2D eigenvalue weighted by Gasteiger charge is -2.25. The average molecular weight is 497 g/mol. The molecule has 0 aliphatic heterocycles. The summed E-state index contributed by atoms with van der Waals surface area (Å²) < 4.78 is 0. The molecule has 0 unspecified atom stereocenters. The number of nitrogens with two attached hydrogens (primary N) is 2. The van der Waals surface area contributed by atoms with Gasteiger partial charge in [0.2, 0.25) is 24.0 Å². The second-order valence-electron chi connectivity index (χ2n) is 8.82. The van der Waals surface area contributed by atoms with Crippen LogP contribution in [-0.2, 0) is 19.2 Å². The summed E-state index contributed by atoms with van der Waals surface area (Å²) in [6, 6.07) is -3.21. The van der Waals surface area contributed by atoms with Crippen molar-refractivity contribution in [2.45, 2.75) is 116 Å². The molecule has 0 spiro atoms. The van der Waals surface area contributed by atoms with Gasteiger partial charge < -0.3 is 32.7 Å². The van der Waals surface area contributed by atoms with E-state index >= 15 is 0 Å². The van der Waals surface area contributed by atoms with Gasteiger partial charge in [-0.2, -0.15) is 0 Å². The maximum atomic E-state index is 13.1. The molecule has 11 nitrogen and oxygen atoms in total. The lowest BCUT2D eigenvalue weighted by Crippen LogP contribution is -2.56. The molecule has 0 aromatic carbocycles. The summed E-state index contributed by atoms with van der Waals surface area (Å²) in [5, 5.41) is 18.0. The fourth-order valence-electron chi connectivity index (χ4n) is 3.42. The molecule has 0 saturated heterocycles. The maximum Gasteiger partial charge on any atom is 0.243 e. The highest BCUT2D eigenvalue weighted by Gasteiger charge is 2.28. The van der Waals surface area contributed by atoms with Gasteiger partial charge >= 0.3 is 0 Å². The molecule has 0 fully saturated rings. The van der Waals surface area contributed by atoms with E-state index in [2.05, 4.69) is 21.3 Å². The molecule has 11 heteroatoms. The minimum Gasteiger partial charge on any atom is -0.370 e. The fourth-order valence-corrected chi connectivity index (χ4v) is 3.42. The van der Waals surface area contributed by atoms with Crippen LogP contribution in [0.25, 0.3) is 0 Å². The molecule has 0 rings (SSSR count). The van der Waals surface area contributed by atoms with Crippen molar-refractivity contribution in [2.24, 2.45) is 11.5 Å². The Balaban J connectivity index is 5.37. The number of guanidine groups is 1. The lowest BCUT2D eigenvalue weighted by atomic mass is 10.0. The van der Waals surface area contributed by atoms with Crippen LogP contribution in [-0.4, -0.2) is 60.7 Å². The summed E-state index contributed by atoms with van der Waals surface area (Å²) in [6.45, 7) is 6.31. The van der Waals surface area contributed by atoms with Gasteiger partial charge in [0.05, 0.1) is 12.1 Å². The van der Waals surface area contributed by atoms with Gasteiger partial charge in [0.15, 0.2) is 5.96 Å². The Kier molecular flexibility index (Phi) is 18.1. The molecule has 1 radical (unpaired) electrons. The Bertz CT molecular complexity index is 660. The molecule has 201 valence electrons. The third kappa shape index (κ3) is 15.0. The Labute approximate surface area is 209 Å². The fraction of sp³-hybridized carbons (Fsp3) is 0.792. The third-order valence-electron chi connectivity index (χ3n) is 5.61. The number of carbonyl (C=O) groups excluding carboxylic acids is 4. The Morgan fingerprint density at radius 1 is 0.771 bits per heavy atom. The zero-order chi connectivity index (χ0) is 26.6. The van der Waals surface area contributed by atoms with E-state index in [9.17, 15) is 19.2 Å². The van der Waals surface area contributed by atoms with Crippen LogP contribution in [0.5, 0.6) is 0 Å². The molecule has 9 N–H and O–H groups in total. The van der Waals surface area contributed by atoms with E-state index in [1.165, 1.54) is 0 Å². The second-order valence-corrected chi connectivity index (χ2v) is 8.82. The number of nitrogens with one attached hydrogen (secondary N) is 5. The Hall–Kier alpha value is -2.69. The van der Waals surface area contributed by atoms with Crippen molar-refractivity contribution in [1.82, 2.24) is 21.3 Å². The smallest absolute Gasteiger partial charge is 0.243 e. The van der Waals surface area contributed by atoms with Crippen LogP contribution in [0.2, 0.25) is 0 Å². The van der Waals surface area contributed by atoms with Gasteiger partial charge in [0.1, 0.15) is 12.1 Å². The molecule has 0 aromatic heterocycles. The van der Waals surface area contributed by atoms with E-state index in [0.29, 0.717) is 38.6 Å². The van der Waals surface area contributed by atoms with Gasteiger partial charge in [-0.05, 0) is 32.1 Å². The van der Waals surface area contributed by atoms with Crippen LogP contribution in [0.4, 0.5) is 0 Å². The number of unbranched alkanes of at least 4 members (excludes halogenated alkanes) is 3. The maximum absolute atomic E-state index is 13.1. The first kappa shape index (κ1) is 32.3. The molecule has 0 aliphatic carbocycles. The molecule has 0 aliphatic rings. The summed E-state index contributed by atoms with van der Waals surface area (Å²) in [4.78, 5) is 49.8. The summed E-state index contributed by atoms with van der Waals surface area (Å²) >= 11 is 0. The van der Waals surface area contributed by atoms with Crippen molar-refractivity contribution in [1.29, 1.82) is 5.41 Å². The van der Waals surface area contributed by atoms with Crippen molar-refractivity contribution in [3.05, 3.63) is 0 Å². The first-order valence-electron chi connectivity index (χ1n) is 12.8. The van der Waals surface area contributed by atoms with Gasteiger partial charge in [-0.1, -0.05) is 59.3 Å². The molecule has 0 bridgehead atoms. The average Bonchev–Trinajstić information content (AvgIpc) is 2.83. The highest BCUT2D eigenvalue weighted by atomic mass is 16.2. The van der Waals surface area contributed by atoms with E-state index < -0.39 is 41.9 Å². The van der Waals surface area contributed by atoms with Gasteiger partial charge in [-0.25, -0.2) is 0 Å². The second kappa shape index (κ2) is 19.6. The number of hydrogen-bond donors (Lipinski definition) is 7. The number of hydrogen-bond acceptors (Lipinski definition) is 6. The van der Waals surface area contributed by atoms with Crippen molar-refractivity contribution in [3.8, 4) is 0 Å². The highest BCUT2D eigenvalue weighted by molar-refractivity contribution is 5.93. The molecule has 0 aromatic rings. The lowest BCUT2D eigenvalue weighted by molar-refractivity contribution is -0.132. The molecular weight excluding hydrogens is 450 g/mol. The predicted octanol–water partition coefficient (Wildman–Crippen LogP) is 0.712. The zero-order valence-corrected chi connectivity index (χ0v) is 21.6. The van der Waals surface area contributed by atoms with Crippen LogP contribution in [0, 0.1) is 5.41 Å². The quantitative estimate of drug-likeness (QED) is 0.0732. The zero-order valence-electron chi connectivity index (χ0n) is 21.6. The molecule has 35 heavy (non-hydrogen) atoms. The van der Waals surface area contributed by atoms with E-state index in [-0.39, 0.29) is 12.4 Å². The van der Waals surface area contributed by atoms with Gasteiger partial charge in [-0.3, -0.25) is 24.6 Å². The molecule has 3 amide bonds. The van der Waals surface area contributed by atoms with Crippen LogP contribution in [0.15, 0.2) is 0 Å². The van der Waals surface area contributed by atoms with Crippen molar-refractivity contribution in [2.75, 3.05) is 6.54 Å². The normalized spacial score (nSPS) is 14.2. The van der Waals surface area contributed by atoms with Crippen LogP contribution >= 0.6 is 0 Å².